The summed E-state index contributed by atoms with van der Waals surface area (Å²) in [5.74, 6) is 0. The van der Waals surface area contributed by atoms with Crippen LogP contribution in [0.3, 0.4) is 0 Å². The standard InChI is InChI=1S/C44H32N2S/c1-44(2)38-21-10-11-22-40(38)46(30-15-4-3-5-16-30)41-27-31(23-24-39(41)44)47-43-35-19-9-8-18-34(35)42(37-28-45-26-25-36(37)43)33-20-12-14-29-13-6-7-17-32(29)33/h3-28H,1-2H3. The summed E-state index contributed by atoms with van der Waals surface area (Å²) in [5, 5.41) is 7.38. The quantitative estimate of drug-likeness (QED) is 0.182. The highest BCUT2D eigenvalue weighted by atomic mass is 32.2. The van der Waals surface area contributed by atoms with Crippen LogP contribution in [0.15, 0.2) is 168 Å². The first-order valence-corrected chi connectivity index (χ1v) is 16.9. The fraction of sp³-hybridized carbons (Fsp3) is 0.0682. The monoisotopic (exact) mass is 620 g/mol. The van der Waals surface area contributed by atoms with E-state index >= 15 is 0 Å². The second kappa shape index (κ2) is 10.9. The van der Waals surface area contributed by atoms with Crippen molar-refractivity contribution in [2.24, 2.45) is 0 Å². The molecular weight excluding hydrogens is 589 g/mol. The number of benzene rings is 7. The molecule has 47 heavy (non-hydrogen) atoms. The lowest BCUT2D eigenvalue weighted by Gasteiger charge is -2.42. The van der Waals surface area contributed by atoms with Gasteiger partial charge in [-0.2, -0.15) is 0 Å². The van der Waals surface area contributed by atoms with Gasteiger partial charge in [-0.25, -0.2) is 0 Å². The Balaban J connectivity index is 1.26. The van der Waals surface area contributed by atoms with Crippen molar-refractivity contribution in [2.45, 2.75) is 29.1 Å². The van der Waals surface area contributed by atoms with Crippen LogP contribution in [0, 0.1) is 0 Å². The number of hydrogen-bond acceptors (Lipinski definition) is 3. The van der Waals surface area contributed by atoms with Crippen molar-refractivity contribution >= 4 is 61.1 Å². The highest BCUT2D eigenvalue weighted by Crippen LogP contribution is 2.53. The highest BCUT2D eigenvalue weighted by Gasteiger charge is 2.37. The van der Waals surface area contributed by atoms with Crippen molar-refractivity contribution in [2.75, 3.05) is 4.90 Å². The molecule has 0 aliphatic carbocycles. The lowest BCUT2D eigenvalue weighted by molar-refractivity contribution is 0.631. The minimum Gasteiger partial charge on any atom is -0.310 e. The molecule has 0 bridgehead atoms. The molecular formula is C44H32N2S. The summed E-state index contributed by atoms with van der Waals surface area (Å²) in [7, 11) is 0. The third kappa shape index (κ3) is 4.38. The van der Waals surface area contributed by atoms with Gasteiger partial charge < -0.3 is 4.90 Å². The van der Waals surface area contributed by atoms with Crippen molar-refractivity contribution in [3.05, 3.63) is 169 Å². The van der Waals surface area contributed by atoms with Gasteiger partial charge >= 0.3 is 0 Å². The molecule has 9 rings (SSSR count). The number of rotatable bonds is 4. The predicted octanol–water partition coefficient (Wildman–Crippen LogP) is 12.5. The van der Waals surface area contributed by atoms with Crippen LogP contribution in [0.4, 0.5) is 17.1 Å². The summed E-state index contributed by atoms with van der Waals surface area (Å²) >= 11 is 1.85. The number of aromatic nitrogens is 1. The molecule has 0 saturated heterocycles. The minimum absolute atomic E-state index is 0.133. The third-order valence-corrected chi connectivity index (χ3v) is 10.9. The molecule has 3 heteroatoms. The molecule has 1 aliphatic heterocycles. The maximum absolute atomic E-state index is 4.66. The highest BCUT2D eigenvalue weighted by molar-refractivity contribution is 7.99. The van der Waals surface area contributed by atoms with Crippen LogP contribution in [0.5, 0.6) is 0 Å². The van der Waals surface area contributed by atoms with Crippen molar-refractivity contribution in [1.29, 1.82) is 0 Å². The van der Waals surface area contributed by atoms with Crippen molar-refractivity contribution in [3.63, 3.8) is 0 Å². The van der Waals surface area contributed by atoms with E-state index in [1.807, 2.05) is 24.2 Å². The Bertz CT molecular complexity index is 2420. The second-order valence-corrected chi connectivity index (χ2v) is 13.9. The molecule has 0 N–H and O–H groups in total. The first-order valence-electron chi connectivity index (χ1n) is 16.1. The van der Waals surface area contributed by atoms with Crippen molar-refractivity contribution in [3.8, 4) is 11.1 Å². The van der Waals surface area contributed by atoms with Gasteiger partial charge in [-0.1, -0.05) is 135 Å². The van der Waals surface area contributed by atoms with Crippen molar-refractivity contribution < 1.29 is 0 Å². The Morgan fingerprint density at radius 2 is 1.23 bits per heavy atom. The Kier molecular flexibility index (Phi) is 6.45. The van der Waals surface area contributed by atoms with E-state index in [1.165, 1.54) is 81.4 Å². The van der Waals surface area contributed by atoms with E-state index in [0.29, 0.717) is 0 Å². The van der Waals surface area contributed by atoms with E-state index in [9.17, 15) is 0 Å². The van der Waals surface area contributed by atoms with Crippen LogP contribution in [0.1, 0.15) is 25.0 Å². The lowest BCUT2D eigenvalue weighted by Crippen LogP contribution is -2.30. The van der Waals surface area contributed by atoms with Gasteiger partial charge in [0.2, 0.25) is 0 Å². The summed E-state index contributed by atoms with van der Waals surface area (Å²) in [5.41, 5.74) is 8.64. The van der Waals surface area contributed by atoms with Gasteiger partial charge in [-0.15, -0.1) is 0 Å². The number of para-hydroxylation sites is 2. The smallest absolute Gasteiger partial charge is 0.0513 e. The number of fused-ring (bicyclic) bond motifs is 5. The summed E-state index contributed by atoms with van der Waals surface area (Å²) < 4.78 is 0. The fourth-order valence-electron chi connectivity index (χ4n) is 7.56. The van der Waals surface area contributed by atoms with Gasteiger partial charge in [0.25, 0.3) is 0 Å². The molecule has 2 heterocycles. The molecule has 1 aromatic heterocycles. The van der Waals surface area contributed by atoms with Gasteiger partial charge in [0.1, 0.15) is 0 Å². The third-order valence-electron chi connectivity index (χ3n) is 9.77. The average molecular weight is 621 g/mol. The van der Waals surface area contributed by atoms with Crippen LogP contribution in [0.25, 0.3) is 43.4 Å². The Morgan fingerprint density at radius 1 is 0.553 bits per heavy atom. The Hall–Kier alpha value is -5.38. The second-order valence-electron chi connectivity index (χ2n) is 12.8. The number of anilines is 3. The summed E-state index contributed by atoms with van der Waals surface area (Å²) in [6.45, 7) is 4.69. The van der Waals surface area contributed by atoms with E-state index in [-0.39, 0.29) is 5.41 Å². The molecule has 2 nitrogen and oxygen atoms in total. The first kappa shape index (κ1) is 27.9. The molecule has 7 aromatic carbocycles. The van der Waals surface area contributed by atoms with Gasteiger partial charge in [0.15, 0.2) is 0 Å². The lowest BCUT2D eigenvalue weighted by atomic mass is 9.73. The van der Waals surface area contributed by atoms with E-state index in [2.05, 4.69) is 169 Å². The topological polar surface area (TPSA) is 16.1 Å². The zero-order valence-corrected chi connectivity index (χ0v) is 27.1. The van der Waals surface area contributed by atoms with E-state index in [4.69, 9.17) is 0 Å². The van der Waals surface area contributed by atoms with Gasteiger partial charge in [0, 0.05) is 38.7 Å². The maximum Gasteiger partial charge on any atom is 0.0513 e. The largest absolute Gasteiger partial charge is 0.310 e. The molecule has 0 unspecified atom stereocenters. The van der Waals surface area contributed by atoms with E-state index in [1.54, 1.807) is 0 Å². The zero-order chi connectivity index (χ0) is 31.5. The van der Waals surface area contributed by atoms with Gasteiger partial charge in [0.05, 0.1) is 11.4 Å². The Morgan fingerprint density at radius 3 is 2.11 bits per heavy atom. The van der Waals surface area contributed by atoms with E-state index in [0.717, 1.165) is 0 Å². The van der Waals surface area contributed by atoms with Crippen LogP contribution >= 0.6 is 11.8 Å². The molecule has 0 atom stereocenters. The number of pyridine rings is 1. The molecule has 224 valence electrons. The summed E-state index contributed by atoms with van der Waals surface area (Å²) in [6.07, 6.45) is 3.98. The molecule has 8 aromatic rings. The molecule has 0 spiro atoms. The minimum atomic E-state index is -0.133. The molecule has 0 radical (unpaired) electrons. The number of hydrogen-bond donors (Lipinski definition) is 0. The average Bonchev–Trinajstić information content (AvgIpc) is 3.12. The van der Waals surface area contributed by atoms with Crippen LogP contribution in [-0.2, 0) is 5.41 Å². The normalized spacial score (nSPS) is 13.5. The van der Waals surface area contributed by atoms with E-state index < -0.39 is 0 Å². The van der Waals surface area contributed by atoms with Crippen LogP contribution in [0.2, 0.25) is 0 Å². The Labute approximate surface area is 279 Å². The fourth-order valence-corrected chi connectivity index (χ4v) is 8.68. The first-order chi connectivity index (χ1) is 23.1. The molecule has 1 aliphatic rings. The molecule has 0 saturated carbocycles. The molecule has 0 fully saturated rings. The summed E-state index contributed by atoms with van der Waals surface area (Å²) in [4.78, 5) is 9.55. The number of nitrogens with zero attached hydrogens (tertiary/aromatic N) is 2. The summed E-state index contributed by atoms with van der Waals surface area (Å²) in [6, 6.07) is 53.0. The SMILES string of the molecule is CC1(C)c2ccccc2N(c2ccccc2)c2cc(Sc3c4ccccc4c(-c4cccc5ccccc45)c4cnccc34)ccc21. The predicted molar refractivity (Wildman–Crippen MR) is 200 cm³/mol. The van der Waals surface area contributed by atoms with Crippen molar-refractivity contribution in [1.82, 2.24) is 4.98 Å². The molecule has 0 amide bonds. The van der Waals surface area contributed by atoms with Gasteiger partial charge in [-0.05, 0) is 85.6 Å². The van der Waals surface area contributed by atoms with Crippen LogP contribution < -0.4 is 4.90 Å². The van der Waals surface area contributed by atoms with Crippen LogP contribution in [-0.4, -0.2) is 4.98 Å². The maximum atomic E-state index is 4.66. The zero-order valence-electron chi connectivity index (χ0n) is 26.3. The van der Waals surface area contributed by atoms with Gasteiger partial charge in [-0.3, -0.25) is 4.98 Å².